The Labute approximate surface area is 233 Å². The fourth-order valence-electron chi connectivity index (χ4n) is 3.58. The number of hydrogen-bond donors (Lipinski definition) is 0. The molecule has 0 bridgehead atoms. The molecule has 0 fully saturated rings. The van der Waals surface area contributed by atoms with Gasteiger partial charge in [0.2, 0.25) is 0 Å². The normalized spacial score (nSPS) is 20.2. The Morgan fingerprint density at radius 3 is 1.54 bits per heavy atom. The Bertz CT molecular complexity index is 707. The van der Waals surface area contributed by atoms with Gasteiger partial charge in [0, 0.05) is 0 Å². The zero-order chi connectivity index (χ0) is 27.5. The van der Waals surface area contributed by atoms with E-state index in [9.17, 15) is 0 Å². The molecule has 3 nitrogen and oxygen atoms in total. The molecule has 35 heavy (non-hydrogen) atoms. The van der Waals surface area contributed by atoms with Crippen LogP contribution < -0.4 is 0 Å². The van der Waals surface area contributed by atoms with Gasteiger partial charge < -0.3 is 16.0 Å². The Morgan fingerprint density at radius 1 is 0.743 bits per heavy atom. The van der Waals surface area contributed by atoms with Crippen molar-refractivity contribution < 1.29 is 20.4 Å². The van der Waals surface area contributed by atoms with Crippen LogP contribution in [0.3, 0.4) is 0 Å². The van der Waals surface area contributed by atoms with Crippen LogP contribution in [0.2, 0.25) is 39.3 Å². The van der Waals surface area contributed by atoms with E-state index in [2.05, 4.69) is 136 Å². The SMILES string of the molecule is C[N-]C.C[N-]C.C[N-]C.C[Si](C)(C)C=CC=C[Si](C)(C)C.[Ti+3][CH]1c2ccccc2C2C=CCCC12. The van der Waals surface area contributed by atoms with Crippen LogP contribution in [0.4, 0.5) is 0 Å². The Morgan fingerprint density at radius 2 is 1.14 bits per heavy atom. The minimum atomic E-state index is -0.970. The van der Waals surface area contributed by atoms with Crippen LogP contribution >= 0.6 is 0 Å². The first kappa shape index (κ1) is 36.6. The zero-order valence-electron chi connectivity index (χ0n) is 24.8. The fraction of sp³-hybridized carbons (Fsp3) is 0.586. The molecule has 3 unspecified atom stereocenters. The van der Waals surface area contributed by atoms with Gasteiger partial charge in [-0.25, -0.2) is 0 Å². The molecule has 0 radical (unpaired) electrons. The van der Waals surface area contributed by atoms with Gasteiger partial charge in [-0.1, -0.05) is 62.8 Å². The first-order valence-corrected chi connectivity index (χ1v) is 20.7. The molecule has 0 saturated carbocycles. The van der Waals surface area contributed by atoms with E-state index in [1.165, 1.54) is 12.8 Å². The molecule has 0 N–H and O–H groups in total. The average Bonchev–Trinajstić information content (AvgIpc) is 3.05. The van der Waals surface area contributed by atoms with Gasteiger partial charge >= 0.3 is 96.9 Å². The van der Waals surface area contributed by atoms with E-state index in [0.29, 0.717) is 0 Å². The third kappa shape index (κ3) is 18.4. The number of hydrogen-bond acceptors (Lipinski definition) is 0. The molecule has 3 rings (SSSR count). The van der Waals surface area contributed by atoms with Crippen molar-refractivity contribution in [2.24, 2.45) is 5.92 Å². The summed E-state index contributed by atoms with van der Waals surface area (Å²) in [4.78, 5) is 0. The summed E-state index contributed by atoms with van der Waals surface area (Å²) in [6, 6.07) is 8.98. The van der Waals surface area contributed by atoms with Gasteiger partial charge in [-0.15, -0.1) is 0 Å². The monoisotopic (exact) mass is 547 g/mol. The van der Waals surface area contributed by atoms with Crippen molar-refractivity contribution in [2.75, 3.05) is 42.3 Å². The second-order valence-corrected chi connectivity index (χ2v) is 22.2. The molecule has 0 aliphatic heterocycles. The first-order valence-electron chi connectivity index (χ1n) is 12.6. The minimum absolute atomic E-state index is 0.718. The third-order valence-electron chi connectivity index (χ3n) is 4.89. The second kappa shape index (κ2) is 20.5. The Hall–Kier alpha value is -0.532. The fourth-order valence-corrected chi connectivity index (χ4v) is 5.95. The van der Waals surface area contributed by atoms with Crippen LogP contribution in [0, 0.1) is 5.92 Å². The summed E-state index contributed by atoms with van der Waals surface area (Å²) >= 11 is 2.39. The van der Waals surface area contributed by atoms with Gasteiger partial charge in [0.25, 0.3) is 0 Å². The van der Waals surface area contributed by atoms with Gasteiger partial charge in [0.15, 0.2) is 0 Å². The van der Waals surface area contributed by atoms with Gasteiger partial charge in [-0.05, 0) is 0 Å². The molecule has 3 atom stereocenters. The molecule has 0 aromatic heterocycles. The molecule has 0 spiro atoms. The average molecular weight is 548 g/mol. The van der Waals surface area contributed by atoms with E-state index in [4.69, 9.17) is 0 Å². The standard InChI is InChI=1S/C13H13.C10H22Si2.3C2H6N.Ti/c1-3-7-12-10(5-1)9-11-6-2-4-8-13(11)12;1-11(2,3)9-7-8-10-12(4,5)6;3*1-3-2;/h1,3-5,7-9,11,13H,2,6H2;7-10H,1-6H3;3*1-2H3;/q;;3*-1;+3. The summed E-state index contributed by atoms with van der Waals surface area (Å²) in [6.07, 6.45) is 11.9. The molecule has 1 aromatic carbocycles. The number of fused-ring (bicyclic) bond motifs is 3. The molecule has 196 valence electrons. The van der Waals surface area contributed by atoms with Crippen LogP contribution in [0.5, 0.6) is 0 Å². The summed E-state index contributed by atoms with van der Waals surface area (Å²) < 4.78 is 0.765. The number of benzene rings is 1. The molecule has 2 aliphatic carbocycles. The van der Waals surface area contributed by atoms with Crippen LogP contribution in [0.1, 0.15) is 34.1 Å². The molecular formula is C29H53N3Si2Ti. The van der Waals surface area contributed by atoms with Crippen LogP contribution in [0.25, 0.3) is 16.0 Å². The molecule has 2 aliphatic rings. The maximum atomic E-state index is 3.50. The van der Waals surface area contributed by atoms with Crippen molar-refractivity contribution in [3.05, 3.63) is 87.0 Å². The number of allylic oxidation sites excluding steroid dienone is 4. The maximum absolute atomic E-state index is 3.50. The predicted molar refractivity (Wildman–Crippen MR) is 164 cm³/mol. The van der Waals surface area contributed by atoms with Gasteiger partial charge in [-0.3, -0.25) is 0 Å². The summed E-state index contributed by atoms with van der Waals surface area (Å²) in [5, 5.41) is 10.5. The van der Waals surface area contributed by atoms with Crippen molar-refractivity contribution in [3.63, 3.8) is 0 Å². The second-order valence-electron chi connectivity index (χ2n) is 11.1. The summed E-state index contributed by atoms with van der Waals surface area (Å²) in [5.41, 5.74) is 7.93. The predicted octanol–water partition coefficient (Wildman–Crippen LogP) is 9.05. The van der Waals surface area contributed by atoms with Crippen molar-refractivity contribution in [1.82, 2.24) is 0 Å². The van der Waals surface area contributed by atoms with E-state index in [1.54, 1.807) is 53.4 Å². The van der Waals surface area contributed by atoms with Crippen molar-refractivity contribution in [1.29, 1.82) is 0 Å². The Balaban J connectivity index is 0. The molecular weight excluding hydrogens is 494 g/mol. The van der Waals surface area contributed by atoms with Gasteiger partial charge in [0.05, 0.1) is 16.1 Å². The van der Waals surface area contributed by atoms with Crippen molar-refractivity contribution in [2.45, 2.75) is 62.3 Å². The van der Waals surface area contributed by atoms with Crippen LogP contribution in [-0.2, 0) is 20.4 Å². The number of rotatable bonds is 3. The van der Waals surface area contributed by atoms with E-state index < -0.39 is 16.1 Å². The Kier molecular flexibility index (Phi) is 21.5. The molecule has 6 heteroatoms. The molecule has 1 aromatic rings. The topological polar surface area (TPSA) is 42.3 Å². The van der Waals surface area contributed by atoms with E-state index in [-0.39, 0.29) is 0 Å². The quantitative estimate of drug-likeness (QED) is 0.206. The molecule has 0 saturated heterocycles. The molecule has 0 amide bonds. The van der Waals surface area contributed by atoms with Crippen molar-refractivity contribution in [3.8, 4) is 0 Å². The first-order chi connectivity index (χ1) is 16.3. The van der Waals surface area contributed by atoms with E-state index in [1.807, 2.05) is 0 Å². The van der Waals surface area contributed by atoms with Crippen molar-refractivity contribution >= 4 is 16.1 Å². The summed E-state index contributed by atoms with van der Waals surface area (Å²) in [7, 11) is 8.56. The van der Waals surface area contributed by atoms with E-state index >= 15 is 0 Å². The summed E-state index contributed by atoms with van der Waals surface area (Å²) in [5.74, 6) is 1.59. The zero-order valence-corrected chi connectivity index (χ0v) is 28.3. The molecule has 0 heterocycles. The van der Waals surface area contributed by atoms with Gasteiger partial charge in [-0.2, -0.15) is 42.3 Å². The van der Waals surface area contributed by atoms with Crippen LogP contribution in [-0.4, -0.2) is 58.4 Å². The van der Waals surface area contributed by atoms with E-state index in [0.717, 1.165) is 16.1 Å². The van der Waals surface area contributed by atoms with Crippen LogP contribution in [0.15, 0.2) is 60.0 Å². The van der Waals surface area contributed by atoms with Gasteiger partial charge in [0.1, 0.15) is 0 Å². The summed E-state index contributed by atoms with van der Waals surface area (Å²) in [6.45, 7) is 14.1. The number of nitrogens with zero attached hydrogens (tertiary/aromatic N) is 3. The third-order valence-corrected chi connectivity index (χ3v) is 8.43.